The second-order valence-corrected chi connectivity index (χ2v) is 4.97. The van der Waals surface area contributed by atoms with Crippen molar-refractivity contribution in [2.24, 2.45) is 5.10 Å². The van der Waals surface area contributed by atoms with Crippen molar-refractivity contribution in [2.75, 3.05) is 0 Å². The van der Waals surface area contributed by atoms with Crippen molar-refractivity contribution in [3.63, 3.8) is 0 Å². The van der Waals surface area contributed by atoms with Crippen LogP contribution in [0.2, 0.25) is 0 Å². The highest BCUT2D eigenvalue weighted by Gasteiger charge is 2.05. The molecular weight excluding hydrogens is 264 g/mol. The van der Waals surface area contributed by atoms with E-state index >= 15 is 0 Å². The number of nitrogens with zero attached hydrogens (tertiary/aromatic N) is 3. The number of nitrogens with one attached hydrogen (secondary N) is 1. The van der Waals surface area contributed by atoms with Crippen LogP contribution in [0.3, 0.4) is 0 Å². The van der Waals surface area contributed by atoms with Gasteiger partial charge in [0.05, 0.1) is 11.9 Å². The summed E-state index contributed by atoms with van der Waals surface area (Å²) in [6.45, 7) is 6.11. The Kier molecular flexibility index (Phi) is 4.87. The molecule has 21 heavy (non-hydrogen) atoms. The van der Waals surface area contributed by atoms with Crippen LogP contribution in [0, 0.1) is 13.8 Å². The number of hydrogen-bond donors (Lipinski definition) is 1. The molecule has 0 fully saturated rings. The quantitative estimate of drug-likeness (QED) is 0.676. The zero-order valence-corrected chi connectivity index (χ0v) is 12.6. The molecule has 110 valence electrons. The van der Waals surface area contributed by atoms with Gasteiger partial charge in [0.2, 0.25) is 0 Å². The van der Waals surface area contributed by atoms with Crippen molar-refractivity contribution in [2.45, 2.75) is 33.7 Å². The fourth-order valence-electron chi connectivity index (χ4n) is 2.02. The first-order valence-corrected chi connectivity index (χ1v) is 7.00. The molecule has 0 saturated heterocycles. The SMILES string of the molecule is CCc1ccc(/C=N\NC(=O)Cn2nc(C)cc2C)cc1. The van der Waals surface area contributed by atoms with Gasteiger partial charge in [-0.25, -0.2) is 5.43 Å². The van der Waals surface area contributed by atoms with Crippen LogP contribution in [0.25, 0.3) is 0 Å². The Morgan fingerprint density at radius 1 is 1.33 bits per heavy atom. The van der Waals surface area contributed by atoms with Gasteiger partial charge in [0.1, 0.15) is 6.54 Å². The Hall–Kier alpha value is -2.43. The third kappa shape index (κ3) is 4.27. The lowest BCUT2D eigenvalue weighted by Gasteiger charge is -2.02. The number of benzene rings is 1. The second-order valence-electron chi connectivity index (χ2n) is 4.97. The van der Waals surface area contributed by atoms with Crippen molar-refractivity contribution in [3.05, 3.63) is 52.8 Å². The Morgan fingerprint density at radius 3 is 2.62 bits per heavy atom. The average Bonchev–Trinajstić information content (AvgIpc) is 2.77. The number of carbonyl (C=O) groups is 1. The van der Waals surface area contributed by atoms with Crippen LogP contribution in [0.15, 0.2) is 35.4 Å². The molecule has 5 heteroatoms. The maximum absolute atomic E-state index is 11.8. The largest absolute Gasteiger partial charge is 0.271 e. The summed E-state index contributed by atoms with van der Waals surface area (Å²) in [7, 11) is 0. The maximum atomic E-state index is 11.8. The van der Waals surface area contributed by atoms with Gasteiger partial charge in [-0.2, -0.15) is 10.2 Å². The van der Waals surface area contributed by atoms with Gasteiger partial charge in [0, 0.05) is 5.69 Å². The smallest absolute Gasteiger partial charge is 0.261 e. The number of amides is 1. The number of rotatable bonds is 5. The maximum Gasteiger partial charge on any atom is 0.261 e. The third-order valence-corrected chi connectivity index (χ3v) is 3.19. The topological polar surface area (TPSA) is 59.3 Å². The standard InChI is InChI=1S/C16H20N4O/c1-4-14-5-7-15(8-6-14)10-17-18-16(21)11-20-13(3)9-12(2)19-20/h5-10H,4,11H2,1-3H3,(H,18,21)/b17-10-. The van der Waals surface area contributed by atoms with Crippen molar-refractivity contribution >= 4 is 12.1 Å². The van der Waals surface area contributed by atoms with Crippen molar-refractivity contribution in [1.82, 2.24) is 15.2 Å². The highest BCUT2D eigenvalue weighted by Crippen LogP contribution is 2.03. The first-order valence-electron chi connectivity index (χ1n) is 7.00. The van der Waals surface area contributed by atoms with Gasteiger partial charge in [-0.3, -0.25) is 9.48 Å². The molecule has 0 aliphatic carbocycles. The van der Waals surface area contributed by atoms with Crippen LogP contribution in [-0.4, -0.2) is 21.9 Å². The van der Waals surface area contributed by atoms with E-state index in [1.54, 1.807) is 10.9 Å². The van der Waals surface area contributed by atoms with Crippen LogP contribution in [-0.2, 0) is 17.8 Å². The highest BCUT2D eigenvalue weighted by atomic mass is 16.2. The molecule has 2 aromatic rings. The van der Waals surface area contributed by atoms with E-state index < -0.39 is 0 Å². The van der Waals surface area contributed by atoms with Crippen LogP contribution in [0.4, 0.5) is 0 Å². The van der Waals surface area contributed by atoms with E-state index in [9.17, 15) is 4.79 Å². The molecule has 0 atom stereocenters. The van der Waals surface area contributed by atoms with Crippen molar-refractivity contribution < 1.29 is 4.79 Å². The summed E-state index contributed by atoms with van der Waals surface area (Å²) in [6, 6.07) is 10.0. The fraction of sp³-hybridized carbons (Fsp3) is 0.312. The second kappa shape index (κ2) is 6.83. The summed E-state index contributed by atoms with van der Waals surface area (Å²) in [5, 5.41) is 8.20. The molecule has 1 heterocycles. The first-order chi connectivity index (χ1) is 10.1. The molecule has 1 aromatic carbocycles. The average molecular weight is 284 g/mol. The number of carbonyl (C=O) groups excluding carboxylic acids is 1. The Balaban J connectivity index is 1.88. The van der Waals surface area contributed by atoms with E-state index in [4.69, 9.17) is 0 Å². The number of aryl methyl sites for hydroxylation is 3. The lowest BCUT2D eigenvalue weighted by molar-refractivity contribution is -0.121. The van der Waals surface area contributed by atoms with Crippen LogP contribution >= 0.6 is 0 Å². The summed E-state index contributed by atoms with van der Waals surface area (Å²) in [5.74, 6) is -0.192. The molecule has 0 bridgehead atoms. The minimum absolute atomic E-state index is 0.172. The van der Waals surface area contributed by atoms with E-state index in [0.717, 1.165) is 23.4 Å². The lowest BCUT2D eigenvalue weighted by Crippen LogP contribution is -2.24. The van der Waals surface area contributed by atoms with Gasteiger partial charge in [-0.05, 0) is 37.5 Å². The summed E-state index contributed by atoms with van der Waals surface area (Å²) >= 11 is 0. The highest BCUT2D eigenvalue weighted by molar-refractivity contribution is 5.82. The minimum atomic E-state index is -0.192. The summed E-state index contributed by atoms with van der Waals surface area (Å²) in [5.41, 5.74) is 6.61. The normalized spacial score (nSPS) is 11.0. The van der Waals surface area contributed by atoms with E-state index in [1.807, 2.05) is 32.0 Å². The van der Waals surface area contributed by atoms with E-state index in [-0.39, 0.29) is 12.5 Å². The molecule has 0 radical (unpaired) electrons. The fourth-order valence-corrected chi connectivity index (χ4v) is 2.02. The molecule has 1 amide bonds. The van der Waals surface area contributed by atoms with E-state index in [1.165, 1.54) is 5.56 Å². The number of hydrogen-bond acceptors (Lipinski definition) is 3. The molecular formula is C16H20N4O. The summed E-state index contributed by atoms with van der Waals surface area (Å²) in [4.78, 5) is 11.8. The Morgan fingerprint density at radius 2 is 2.05 bits per heavy atom. The summed E-state index contributed by atoms with van der Waals surface area (Å²) < 4.78 is 1.66. The van der Waals surface area contributed by atoms with Gasteiger partial charge in [0.15, 0.2) is 0 Å². The zero-order valence-electron chi connectivity index (χ0n) is 12.6. The molecule has 0 aliphatic rings. The van der Waals surface area contributed by atoms with Gasteiger partial charge < -0.3 is 0 Å². The number of aromatic nitrogens is 2. The van der Waals surface area contributed by atoms with Crippen LogP contribution < -0.4 is 5.43 Å². The molecule has 0 unspecified atom stereocenters. The lowest BCUT2D eigenvalue weighted by atomic mass is 10.1. The van der Waals surface area contributed by atoms with Crippen molar-refractivity contribution in [1.29, 1.82) is 0 Å². The van der Waals surface area contributed by atoms with Crippen LogP contribution in [0.1, 0.15) is 29.4 Å². The number of hydrazone groups is 1. The third-order valence-electron chi connectivity index (χ3n) is 3.19. The molecule has 0 aliphatic heterocycles. The van der Waals surface area contributed by atoms with Gasteiger partial charge in [0.25, 0.3) is 5.91 Å². The zero-order chi connectivity index (χ0) is 15.2. The molecule has 5 nitrogen and oxygen atoms in total. The monoisotopic (exact) mass is 284 g/mol. The van der Waals surface area contributed by atoms with E-state index in [0.29, 0.717) is 0 Å². The van der Waals surface area contributed by atoms with E-state index in [2.05, 4.69) is 34.7 Å². The van der Waals surface area contributed by atoms with Gasteiger partial charge in [-0.15, -0.1) is 0 Å². The molecule has 0 spiro atoms. The van der Waals surface area contributed by atoms with Crippen LogP contribution in [0.5, 0.6) is 0 Å². The Bertz CT molecular complexity index is 641. The van der Waals surface area contributed by atoms with Gasteiger partial charge in [-0.1, -0.05) is 31.2 Å². The summed E-state index contributed by atoms with van der Waals surface area (Å²) in [6.07, 6.45) is 2.65. The molecule has 1 N–H and O–H groups in total. The molecule has 1 aromatic heterocycles. The first kappa shape index (κ1) is 15.0. The predicted octanol–water partition coefficient (Wildman–Crippen LogP) is 2.21. The molecule has 2 rings (SSSR count). The van der Waals surface area contributed by atoms with Crippen molar-refractivity contribution in [3.8, 4) is 0 Å². The predicted molar refractivity (Wildman–Crippen MR) is 83.3 cm³/mol. The van der Waals surface area contributed by atoms with Gasteiger partial charge >= 0.3 is 0 Å². The molecule has 0 saturated carbocycles. The Labute approximate surface area is 124 Å². The minimum Gasteiger partial charge on any atom is -0.271 e.